The second-order valence-electron chi connectivity index (χ2n) is 5.36. The highest BCUT2D eigenvalue weighted by atomic mass is 35.5. The first-order chi connectivity index (χ1) is 11.2. The van der Waals surface area contributed by atoms with Crippen LogP contribution in [0.4, 0.5) is 24.5 Å². The molecule has 0 saturated heterocycles. The van der Waals surface area contributed by atoms with Gasteiger partial charge in [-0.1, -0.05) is 29.8 Å². The zero-order chi connectivity index (χ0) is 17.9. The first kappa shape index (κ1) is 18.1. The number of amides is 1. The molecule has 0 aliphatic rings. The van der Waals surface area contributed by atoms with Gasteiger partial charge in [0.1, 0.15) is 0 Å². The molecule has 0 unspecified atom stereocenters. The molecule has 0 bridgehead atoms. The lowest BCUT2D eigenvalue weighted by molar-refractivity contribution is -0.137. The maximum atomic E-state index is 12.7. The quantitative estimate of drug-likeness (QED) is 0.807. The standard InChI is InChI=1S/C17H16ClF3N2O/c1-10-4-3-5-11(2)16(10)22-9-15(24)23-14-8-12(17(19,20)21)6-7-13(14)18/h3-8,22H,9H2,1-2H3,(H,23,24). The van der Waals surface area contributed by atoms with E-state index in [1.807, 2.05) is 32.0 Å². The van der Waals surface area contributed by atoms with Crippen LogP contribution in [-0.2, 0) is 11.0 Å². The molecule has 2 aromatic rings. The van der Waals surface area contributed by atoms with Gasteiger partial charge in [-0.3, -0.25) is 4.79 Å². The second-order valence-corrected chi connectivity index (χ2v) is 5.77. The van der Waals surface area contributed by atoms with E-state index in [4.69, 9.17) is 11.6 Å². The molecule has 1 amide bonds. The third-order valence-electron chi connectivity index (χ3n) is 3.47. The number of rotatable bonds is 4. The number of carbonyl (C=O) groups excluding carboxylic acids is 1. The normalized spacial score (nSPS) is 11.2. The number of halogens is 4. The predicted octanol–water partition coefficient (Wildman–Crippen LogP) is 5.03. The minimum Gasteiger partial charge on any atom is -0.376 e. The fraction of sp³-hybridized carbons (Fsp3) is 0.235. The van der Waals surface area contributed by atoms with Gasteiger partial charge >= 0.3 is 6.18 Å². The van der Waals surface area contributed by atoms with Gasteiger partial charge in [-0.25, -0.2) is 0 Å². The number of nitrogens with one attached hydrogen (secondary N) is 2. The Balaban J connectivity index is 2.08. The lowest BCUT2D eigenvalue weighted by Gasteiger charge is -2.14. The Hall–Kier alpha value is -2.21. The van der Waals surface area contributed by atoms with Crippen LogP contribution in [0, 0.1) is 13.8 Å². The van der Waals surface area contributed by atoms with Crippen LogP contribution in [0.3, 0.4) is 0 Å². The highest BCUT2D eigenvalue weighted by Gasteiger charge is 2.31. The third-order valence-corrected chi connectivity index (χ3v) is 3.80. The van der Waals surface area contributed by atoms with Gasteiger partial charge in [0.25, 0.3) is 0 Å². The fourth-order valence-electron chi connectivity index (χ4n) is 2.25. The smallest absolute Gasteiger partial charge is 0.376 e. The van der Waals surface area contributed by atoms with E-state index in [-0.39, 0.29) is 17.3 Å². The van der Waals surface area contributed by atoms with E-state index in [2.05, 4.69) is 10.6 Å². The lowest BCUT2D eigenvalue weighted by Crippen LogP contribution is -2.23. The Kier molecular flexibility index (Phi) is 5.39. The van der Waals surface area contributed by atoms with Gasteiger partial charge in [0, 0.05) is 5.69 Å². The van der Waals surface area contributed by atoms with Gasteiger partial charge in [0.2, 0.25) is 5.91 Å². The number of benzene rings is 2. The summed E-state index contributed by atoms with van der Waals surface area (Å²) in [5.74, 6) is -0.487. The summed E-state index contributed by atoms with van der Waals surface area (Å²) < 4.78 is 38.2. The van der Waals surface area contributed by atoms with Crippen LogP contribution in [0.2, 0.25) is 5.02 Å². The van der Waals surface area contributed by atoms with E-state index < -0.39 is 17.6 Å². The van der Waals surface area contributed by atoms with E-state index in [9.17, 15) is 18.0 Å². The average Bonchev–Trinajstić information content (AvgIpc) is 2.48. The van der Waals surface area contributed by atoms with Crippen LogP contribution in [-0.4, -0.2) is 12.5 Å². The number of carbonyl (C=O) groups is 1. The van der Waals surface area contributed by atoms with E-state index in [1.165, 1.54) is 0 Å². The minimum absolute atomic E-state index is 0.0448. The second kappa shape index (κ2) is 7.13. The van der Waals surface area contributed by atoms with E-state index in [0.29, 0.717) is 0 Å². The molecular weight excluding hydrogens is 341 g/mol. The molecule has 0 spiro atoms. The Morgan fingerprint density at radius 1 is 1.12 bits per heavy atom. The zero-order valence-corrected chi connectivity index (χ0v) is 13.8. The first-order valence-corrected chi connectivity index (χ1v) is 7.53. The average molecular weight is 357 g/mol. The molecule has 128 valence electrons. The molecule has 0 atom stereocenters. The van der Waals surface area contributed by atoms with E-state index >= 15 is 0 Å². The van der Waals surface area contributed by atoms with Crippen molar-refractivity contribution < 1.29 is 18.0 Å². The Morgan fingerprint density at radius 2 is 1.75 bits per heavy atom. The van der Waals surface area contributed by atoms with Crippen molar-refractivity contribution in [3.8, 4) is 0 Å². The van der Waals surface area contributed by atoms with Crippen LogP contribution in [0.1, 0.15) is 16.7 Å². The molecule has 0 fully saturated rings. The number of anilines is 2. The minimum atomic E-state index is -4.50. The third kappa shape index (κ3) is 4.41. The first-order valence-electron chi connectivity index (χ1n) is 7.15. The van der Waals surface area contributed by atoms with Crippen LogP contribution in [0.5, 0.6) is 0 Å². The molecule has 0 aliphatic heterocycles. The molecule has 3 nitrogen and oxygen atoms in total. The molecule has 2 aromatic carbocycles. The largest absolute Gasteiger partial charge is 0.416 e. The summed E-state index contributed by atoms with van der Waals surface area (Å²) in [5, 5.41) is 5.43. The summed E-state index contributed by atoms with van der Waals surface area (Å²) in [6.45, 7) is 3.71. The molecular formula is C17H16ClF3N2O. The van der Waals surface area contributed by atoms with Gasteiger partial charge in [0.05, 0.1) is 22.8 Å². The summed E-state index contributed by atoms with van der Waals surface area (Å²) in [7, 11) is 0. The highest BCUT2D eigenvalue weighted by Crippen LogP contribution is 2.33. The van der Waals surface area contributed by atoms with Crippen molar-refractivity contribution in [1.29, 1.82) is 0 Å². The molecule has 2 N–H and O–H groups in total. The van der Waals surface area contributed by atoms with Crippen molar-refractivity contribution in [1.82, 2.24) is 0 Å². The number of alkyl halides is 3. The maximum Gasteiger partial charge on any atom is 0.416 e. The lowest BCUT2D eigenvalue weighted by atomic mass is 10.1. The molecule has 0 heterocycles. The SMILES string of the molecule is Cc1cccc(C)c1NCC(=O)Nc1cc(C(F)(F)F)ccc1Cl. The van der Waals surface area contributed by atoms with Crippen molar-refractivity contribution in [2.24, 2.45) is 0 Å². The van der Waals surface area contributed by atoms with Crippen molar-refractivity contribution in [2.75, 3.05) is 17.2 Å². The van der Waals surface area contributed by atoms with Crippen molar-refractivity contribution in [3.05, 3.63) is 58.1 Å². The summed E-state index contributed by atoms with van der Waals surface area (Å²) >= 11 is 5.86. The van der Waals surface area contributed by atoms with Crippen molar-refractivity contribution in [3.63, 3.8) is 0 Å². The fourth-order valence-corrected chi connectivity index (χ4v) is 2.42. The summed E-state index contributed by atoms with van der Waals surface area (Å²) in [5.41, 5.74) is 1.83. The van der Waals surface area contributed by atoms with Crippen LogP contribution >= 0.6 is 11.6 Å². The number of para-hydroxylation sites is 1. The van der Waals surface area contributed by atoms with Gasteiger partial charge in [-0.2, -0.15) is 13.2 Å². The molecule has 0 radical (unpaired) electrons. The predicted molar refractivity (Wildman–Crippen MR) is 89.5 cm³/mol. The number of aryl methyl sites for hydroxylation is 2. The zero-order valence-electron chi connectivity index (χ0n) is 13.1. The van der Waals surface area contributed by atoms with Crippen LogP contribution in [0.15, 0.2) is 36.4 Å². The topological polar surface area (TPSA) is 41.1 Å². The van der Waals surface area contributed by atoms with E-state index in [1.54, 1.807) is 0 Å². The summed E-state index contributed by atoms with van der Waals surface area (Å²) in [6, 6.07) is 8.50. The maximum absolute atomic E-state index is 12.7. The summed E-state index contributed by atoms with van der Waals surface area (Å²) in [4.78, 5) is 12.0. The molecule has 0 saturated carbocycles. The molecule has 0 aliphatic carbocycles. The molecule has 24 heavy (non-hydrogen) atoms. The van der Waals surface area contributed by atoms with Crippen molar-refractivity contribution in [2.45, 2.75) is 20.0 Å². The van der Waals surface area contributed by atoms with Gasteiger partial charge in [-0.15, -0.1) is 0 Å². The molecule has 0 aromatic heterocycles. The van der Waals surface area contributed by atoms with Gasteiger partial charge in [0.15, 0.2) is 0 Å². The van der Waals surface area contributed by atoms with E-state index in [0.717, 1.165) is 35.0 Å². The van der Waals surface area contributed by atoms with Gasteiger partial charge in [-0.05, 0) is 43.2 Å². The Bertz CT molecular complexity index is 740. The monoisotopic (exact) mass is 356 g/mol. The van der Waals surface area contributed by atoms with Crippen LogP contribution in [0.25, 0.3) is 0 Å². The summed E-state index contributed by atoms with van der Waals surface area (Å²) in [6.07, 6.45) is -4.50. The van der Waals surface area contributed by atoms with Crippen LogP contribution < -0.4 is 10.6 Å². The highest BCUT2D eigenvalue weighted by molar-refractivity contribution is 6.33. The number of hydrogen-bond acceptors (Lipinski definition) is 2. The van der Waals surface area contributed by atoms with Crippen molar-refractivity contribution >= 4 is 28.9 Å². The van der Waals surface area contributed by atoms with Gasteiger partial charge < -0.3 is 10.6 Å². The Labute approximate surface area is 142 Å². The number of hydrogen-bond donors (Lipinski definition) is 2. The molecule has 2 rings (SSSR count). The molecule has 7 heteroatoms. The Morgan fingerprint density at radius 3 is 2.33 bits per heavy atom.